The summed E-state index contributed by atoms with van der Waals surface area (Å²) in [6, 6.07) is 7.61. The van der Waals surface area contributed by atoms with E-state index in [2.05, 4.69) is 10.2 Å². The Bertz CT molecular complexity index is 2210. The van der Waals surface area contributed by atoms with E-state index in [1.165, 1.54) is 19.3 Å². The number of likely N-dealkylation sites (tertiary alicyclic amines) is 2. The molecule has 2 unspecified atom stereocenters. The second-order valence-corrected chi connectivity index (χ2v) is 16.3. The van der Waals surface area contributed by atoms with Gasteiger partial charge in [-0.2, -0.15) is 0 Å². The van der Waals surface area contributed by atoms with Gasteiger partial charge in [-0.3, -0.25) is 9.59 Å². The third-order valence-electron chi connectivity index (χ3n) is 12.7. The number of nitrogens with one attached hydrogen (secondary N) is 1. The fourth-order valence-corrected chi connectivity index (χ4v) is 9.13. The summed E-state index contributed by atoms with van der Waals surface area (Å²) in [6.07, 6.45) is 4.65. The lowest BCUT2D eigenvalue weighted by molar-refractivity contribution is -0.182. The van der Waals surface area contributed by atoms with Gasteiger partial charge in [-0.15, -0.1) is 0 Å². The van der Waals surface area contributed by atoms with E-state index in [4.69, 9.17) is 38.1 Å². The number of ether oxygens (including phenoxy) is 7. The number of esters is 1. The average Bonchev–Trinajstić information content (AvgIpc) is 3.64. The number of piperidine rings is 2. The van der Waals surface area contributed by atoms with Crippen molar-refractivity contribution in [3.63, 3.8) is 0 Å². The van der Waals surface area contributed by atoms with Crippen LogP contribution in [-0.4, -0.2) is 127 Å². The first kappa shape index (κ1) is 42.6. The maximum absolute atomic E-state index is 14.2. The Labute approximate surface area is 353 Å². The minimum atomic E-state index is -1.94. The fourth-order valence-electron chi connectivity index (χ4n) is 9.13. The van der Waals surface area contributed by atoms with Crippen LogP contribution in [0.15, 0.2) is 29.1 Å². The summed E-state index contributed by atoms with van der Waals surface area (Å²) in [5.41, 5.74) is 1.65. The predicted octanol–water partition coefficient (Wildman–Crippen LogP) is 4.19. The molecule has 1 aromatic carbocycles. The maximum Gasteiger partial charge on any atom is 0.509 e. The van der Waals surface area contributed by atoms with E-state index in [0.717, 1.165) is 42.4 Å². The zero-order chi connectivity index (χ0) is 42.7. The van der Waals surface area contributed by atoms with E-state index in [1.807, 2.05) is 26.0 Å². The van der Waals surface area contributed by atoms with Gasteiger partial charge in [0.1, 0.15) is 31.7 Å². The molecule has 8 rings (SSSR count). The summed E-state index contributed by atoms with van der Waals surface area (Å²) in [6.45, 7) is 9.73. The van der Waals surface area contributed by atoms with E-state index in [-0.39, 0.29) is 93.4 Å². The number of nitrogens with zero attached hydrogens (tertiary/aromatic N) is 4. The zero-order valence-corrected chi connectivity index (χ0v) is 35.2. The number of benzene rings is 1. The number of carbonyl (C=O) groups excluding carboxylic acids is 4. The van der Waals surface area contributed by atoms with Crippen molar-refractivity contribution in [2.24, 2.45) is 0 Å². The topological polar surface area (TPSA) is 186 Å². The van der Waals surface area contributed by atoms with E-state index in [1.54, 1.807) is 28.5 Å². The highest BCUT2D eigenvalue weighted by Gasteiger charge is 2.51. The second-order valence-electron chi connectivity index (χ2n) is 16.3. The number of rotatable bonds is 14. The number of aryl methyl sites for hydroxylation is 1. The van der Waals surface area contributed by atoms with E-state index in [9.17, 15) is 24.0 Å². The Morgan fingerprint density at radius 2 is 1.79 bits per heavy atom. The van der Waals surface area contributed by atoms with Crippen molar-refractivity contribution in [3.8, 4) is 17.1 Å². The average molecular weight is 846 g/mol. The lowest BCUT2D eigenvalue weighted by Gasteiger charge is -2.39. The maximum atomic E-state index is 14.2. The summed E-state index contributed by atoms with van der Waals surface area (Å²) in [4.78, 5) is 75.4. The van der Waals surface area contributed by atoms with Gasteiger partial charge in [-0.1, -0.05) is 20.3 Å². The molecule has 0 radical (unpaired) electrons. The number of aromatic nitrogens is 2. The summed E-state index contributed by atoms with van der Waals surface area (Å²) < 4.78 is 40.2. The van der Waals surface area contributed by atoms with Crippen molar-refractivity contribution in [2.75, 3.05) is 65.8 Å². The van der Waals surface area contributed by atoms with Gasteiger partial charge in [0, 0.05) is 42.2 Å². The molecule has 3 saturated heterocycles. The summed E-state index contributed by atoms with van der Waals surface area (Å²) in [5, 5.41) is 3.51. The van der Waals surface area contributed by atoms with Gasteiger partial charge in [0.25, 0.3) is 5.56 Å². The molecule has 7 heterocycles. The highest BCUT2D eigenvalue weighted by molar-refractivity contribution is 5.91. The molecule has 17 nitrogen and oxygen atoms in total. The number of carbonyl (C=O) groups is 4. The van der Waals surface area contributed by atoms with Crippen molar-refractivity contribution < 1.29 is 52.3 Å². The Balaban J connectivity index is 0.920. The normalized spacial score (nSPS) is 22.4. The van der Waals surface area contributed by atoms with E-state index in [0.29, 0.717) is 54.8 Å². The lowest BCUT2D eigenvalue weighted by atomic mass is 9.85. The molecule has 5 aliphatic heterocycles. The molecule has 5 aliphatic rings. The Morgan fingerprint density at radius 3 is 2.51 bits per heavy atom. The molecule has 61 heavy (non-hydrogen) atoms. The minimum absolute atomic E-state index is 0.00525. The zero-order valence-electron chi connectivity index (χ0n) is 35.2. The Kier molecular flexibility index (Phi) is 12.9. The van der Waals surface area contributed by atoms with Crippen LogP contribution in [0.3, 0.4) is 0 Å². The van der Waals surface area contributed by atoms with Gasteiger partial charge in [0.2, 0.25) is 11.5 Å². The Morgan fingerprint density at radius 1 is 0.984 bits per heavy atom. The largest absolute Gasteiger partial charge is 0.509 e. The van der Waals surface area contributed by atoms with Gasteiger partial charge in [0.05, 0.1) is 54.9 Å². The van der Waals surface area contributed by atoms with Crippen molar-refractivity contribution in [2.45, 2.75) is 103 Å². The smallest absolute Gasteiger partial charge is 0.457 e. The first-order chi connectivity index (χ1) is 29.6. The molecular weight excluding hydrogens is 791 g/mol. The molecule has 3 atom stereocenters. The fraction of sp³-hybridized carbons (Fsp3) is 0.591. The molecule has 0 spiro atoms. The van der Waals surface area contributed by atoms with E-state index < -0.39 is 17.7 Å². The number of amides is 2. The van der Waals surface area contributed by atoms with Crippen LogP contribution < -0.4 is 15.6 Å². The molecule has 2 amide bonds. The van der Waals surface area contributed by atoms with Crippen molar-refractivity contribution >= 4 is 35.0 Å². The van der Waals surface area contributed by atoms with Crippen LogP contribution in [0.4, 0.5) is 9.59 Å². The van der Waals surface area contributed by atoms with Crippen molar-refractivity contribution in [1.82, 2.24) is 24.7 Å². The molecule has 0 aliphatic carbocycles. The molecule has 3 aromatic rings. The highest BCUT2D eigenvalue weighted by Crippen LogP contribution is 2.42. The molecule has 3 fully saturated rings. The Hall–Kier alpha value is -5.10. The second kappa shape index (κ2) is 18.5. The van der Waals surface area contributed by atoms with Crippen LogP contribution in [0, 0.1) is 0 Å². The quantitative estimate of drug-likeness (QED) is 0.141. The van der Waals surface area contributed by atoms with Crippen LogP contribution >= 0.6 is 0 Å². The molecule has 17 heteroatoms. The lowest BCUT2D eigenvalue weighted by Crippen LogP contribution is -2.48. The monoisotopic (exact) mass is 845 g/mol. The molecule has 1 N–H and O–H groups in total. The van der Waals surface area contributed by atoms with Gasteiger partial charge >= 0.3 is 18.2 Å². The van der Waals surface area contributed by atoms with Gasteiger partial charge < -0.3 is 52.8 Å². The van der Waals surface area contributed by atoms with Crippen LogP contribution in [0.5, 0.6) is 5.75 Å². The molecule has 328 valence electrons. The van der Waals surface area contributed by atoms with Crippen LogP contribution in [-0.2, 0) is 63.2 Å². The standard InChI is InChI=1S/C44H55N5O12/c1-4-30-31-21-29(60-42(53)48-16-11-28(12-17-48)47-14-7-6-8-15-47)9-10-35(31)46-39-32(30)23-49-36(39)22-34-33(40(49)51)24-59-41(52)44(34,5-2)61-43(54)56-20-19-55-18-13-45-38(50)26-58-37-25-57-27(37)3/h9-10,21-22,27-28,37H,4-8,11-20,23-26H2,1-3H3,(H,45,50)/t27?,37?,44-/m0/s1. The predicted molar refractivity (Wildman–Crippen MR) is 219 cm³/mol. The van der Waals surface area contributed by atoms with Crippen LogP contribution in [0.1, 0.15) is 81.5 Å². The van der Waals surface area contributed by atoms with Crippen molar-refractivity contribution in [1.29, 1.82) is 0 Å². The van der Waals surface area contributed by atoms with Gasteiger partial charge in [0.15, 0.2) is 0 Å². The highest BCUT2D eigenvalue weighted by atomic mass is 16.7. The number of hydrogen-bond donors (Lipinski definition) is 1. The summed E-state index contributed by atoms with van der Waals surface area (Å²) in [7, 11) is 0. The summed E-state index contributed by atoms with van der Waals surface area (Å²) >= 11 is 0. The number of hydrogen-bond acceptors (Lipinski definition) is 14. The molecular formula is C44H55N5O12. The number of fused-ring (bicyclic) bond motifs is 5. The van der Waals surface area contributed by atoms with Gasteiger partial charge in [-0.25, -0.2) is 19.4 Å². The third kappa shape index (κ3) is 8.70. The molecule has 2 aromatic heterocycles. The van der Waals surface area contributed by atoms with Crippen LogP contribution in [0.2, 0.25) is 0 Å². The summed E-state index contributed by atoms with van der Waals surface area (Å²) in [5.74, 6) is -0.668. The first-order valence-corrected chi connectivity index (χ1v) is 21.6. The minimum Gasteiger partial charge on any atom is -0.457 e. The van der Waals surface area contributed by atoms with Crippen molar-refractivity contribution in [3.05, 3.63) is 56.9 Å². The number of pyridine rings is 2. The third-order valence-corrected chi connectivity index (χ3v) is 12.7. The van der Waals surface area contributed by atoms with Gasteiger partial charge in [-0.05, 0) is 88.4 Å². The van der Waals surface area contributed by atoms with E-state index >= 15 is 0 Å². The molecule has 0 saturated carbocycles. The number of cyclic esters (lactones) is 1. The SMILES string of the molecule is CCc1c2c(nc3ccc(OC(=O)N4CCC(N5CCCCC5)CC4)cc13)-c1cc3c(c(=O)n1C2)COC(=O)[C@@]3(CC)OC(=O)OCCOCCNC(=O)COC1COC1C. The van der Waals surface area contributed by atoms with Crippen LogP contribution in [0.25, 0.3) is 22.3 Å². The molecule has 0 bridgehead atoms. The first-order valence-electron chi connectivity index (χ1n) is 21.6.